The number of nitrogens with zero attached hydrogens (tertiary/aromatic N) is 1. The Bertz CT molecular complexity index is 837. The van der Waals surface area contributed by atoms with Gasteiger partial charge in [0.05, 0.1) is 0 Å². The fraction of sp³-hybridized carbons (Fsp3) is 0.167. The minimum absolute atomic E-state index is 0.0376. The van der Waals surface area contributed by atoms with Crippen LogP contribution in [0.4, 0.5) is 10.5 Å². The summed E-state index contributed by atoms with van der Waals surface area (Å²) in [5, 5.41) is 4.10. The maximum absolute atomic E-state index is 12.5. The summed E-state index contributed by atoms with van der Waals surface area (Å²) in [7, 11) is 0. The normalized spacial score (nSPS) is 13.9. The Hall–Kier alpha value is -2.75. The summed E-state index contributed by atoms with van der Waals surface area (Å²) in [6.45, 7) is 1.43. The van der Waals surface area contributed by atoms with Gasteiger partial charge in [0.15, 0.2) is 0 Å². The van der Waals surface area contributed by atoms with Crippen molar-refractivity contribution in [2.75, 3.05) is 11.9 Å². The van der Waals surface area contributed by atoms with Gasteiger partial charge in [0, 0.05) is 35.9 Å². The van der Waals surface area contributed by atoms with Gasteiger partial charge >= 0.3 is 6.03 Å². The van der Waals surface area contributed by atoms with Crippen molar-refractivity contribution in [3.63, 3.8) is 0 Å². The highest BCUT2D eigenvalue weighted by Gasteiger charge is 2.20. The third kappa shape index (κ3) is 2.33. The first-order chi connectivity index (χ1) is 10.8. The molecular weight excluding hydrogens is 274 g/mol. The van der Waals surface area contributed by atoms with Crippen LogP contribution in [0.3, 0.4) is 0 Å². The average Bonchev–Trinajstić information content (AvgIpc) is 3.02. The molecule has 1 aliphatic heterocycles. The van der Waals surface area contributed by atoms with E-state index >= 15 is 0 Å². The number of amides is 2. The molecule has 2 aromatic carbocycles. The van der Waals surface area contributed by atoms with E-state index in [1.807, 2.05) is 41.4 Å². The lowest BCUT2D eigenvalue weighted by Gasteiger charge is -2.29. The second-order valence-electron chi connectivity index (χ2n) is 5.65. The molecule has 3 aromatic rings. The first kappa shape index (κ1) is 13.0. The third-order valence-electron chi connectivity index (χ3n) is 4.22. The minimum atomic E-state index is -0.0376. The quantitative estimate of drug-likeness (QED) is 0.704. The topological polar surface area (TPSA) is 48.1 Å². The summed E-state index contributed by atoms with van der Waals surface area (Å²) in [5.74, 6) is 0. The zero-order valence-electron chi connectivity index (χ0n) is 12.2. The van der Waals surface area contributed by atoms with Gasteiger partial charge in [0.2, 0.25) is 0 Å². The van der Waals surface area contributed by atoms with Crippen LogP contribution < -0.4 is 5.32 Å². The molecule has 4 nitrogen and oxygen atoms in total. The molecule has 0 atom stereocenters. The molecule has 0 saturated carbocycles. The molecule has 0 aliphatic carbocycles. The third-order valence-corrected chi connectivity index (χ3v) is 4.22. The van der Waals surface area contributed by atoms with Crippen molar-refractivity contribution in [3.05, 3.63) is 65.9 Å². The summed E-state index contributed by atoms with van der Waals surface area (Å²) in [6.07, 6.45) is 2.82. The Kier molecular flexibility index (Phi) is 3.07. The van der Waals surface area contributed by atoms with E-state index in [0.29, 0.717) is 6.54 Å². The molecule has 2 amide bonds. The molecular formula is C18H17N3O. The second kappa shape index (κ2) is 5.22. The Morgan fingerprint density at radius 2 is 1.95 bits per heavy atom. The van der Waals surface area contributed by atoms with Crippen molar-refractivity contribution < 1.29 is 4.79 Å². The second-order valence-corrected chi connectivity index (χ2v) is 5.65. The lowest BCUT2D eigenvalue weighted by molar-refractivity contribution is 0.206. The molecule has 0 unspecified atom stereocenters. The van der Waals surface area contributed by atoms with Gasteiger partial charge < -0.3 is 15.2 Å². The molecule has 0 spiro atoms. The average molecular weight is 291 g/mol. The minimum Gasteiger partial charge on any atom is -0.361 e. The largest absolute Gasteiger partial charge is 0.361 e. The summed E-state index contributed by atoms with van der Waals surface area (Å²) >= 11 is 0. The molecule has 0 bridgehead atoms. The molecule has 4 heteroatoms. The Morgan fingerprint density at radius 1 is 1.09 bits per heavy atom. The number of rotatable bonds is 1. The molecule has 110 valence electrons. The lowest BCUT2D eigenvalue weighted by Crippen LogP contribution is -2.38. The van der Waals surface area contributed by atoms with Gasteiger partial charge in [-0.1, -0.05) is 24.3 Å². The van der Waals surface area contributed by atoms with Crippen LogP contribution in [-0.4, -0.2) is 22.5 Å². The van der Waals surface area contributed by atoms with E-state index in [4.69, 9.17) is 0 Å². The van der Waals surface area contributed by atoms with Crippen LogP contribution in [0.1, 0.15) is 11.1 Å². The lowest BCUT2D eigenvalue weighted by atomic mass is 10.0. The van der Waals surface area contributed by atoms with E-state index in [9.17, 15) is 4.79 Å². The van der Waals surface area contributed by atoms with Crippen molar-refractivity contribution in [3.8, 4) is 0 Å². The summed E-state index contributed by atoms with van der Waals surface area (Å²) in [5.41, 5.74) is 4.49. The SMILES string of the molecule is O=C(Nc1ccc2[nH]ccc2c1)N1CCc2ccccc2C1. The van der Waals surface area contributed by atoms with Crippen LogP contribution in [0.25, 0.3) is 10.9 Å². The van der Waals surface area contributed by atoms with Crippen molar-refractivity contribution in [1.29, 1.82) is 0 Å². The van der Waals surface area contributed by atoms with E-state index in [0.717, 1.165) is 29.6 Å². The molecule has 0 radical (unpaired) electrons. The number of carbonyl (C=O) groups excluding carboxylic acids is 1. The van der Waals surface area contributed by atoms with Crippen molar-refractivity contribution in [2.45, 2.75) is 13.0 Å². The standard InChI is InChI=1S/C18H17N3O/c22-18(20-16-5-6-17-14(11-16)7-9-19-17)21-10-8-13-3-1-2-4-15(13)12-21/h1-7,9,11,19H,8,10,12H2,(H,20,22). The van der Waals surface area contributed by atoms with Crippen LogP contribution in [-0.2, 0) is 13.0 Å². The molecule has 2 N–H and O–H groups in total. The summed E-state index contributed by atoms with van der Waals surface area (Å²) in [4.78, 5) is 17.5. The van der Waals surface area contributed by atoms with Crippen molar-refractivity contribution in [2.24, 2.45) is 0 Å². The zero-order chi connectivity index (χ0) is 14.9. The smallest absolute Gasteiger partial charge is 0.322 e. The van der Waals surface area contributed by atoms with Crippen LogP contribution in [0.2, 0.25) is 0 Å². The van der Waals surface area contributed by atoms with Gasteiger partial charge in [-0.25, -0.2) is 4.79 Å². The predicted molar refractivity (Wildman–Crippen MR) is 87.9 cm³/mol. The molecule has 22 heavy (non-hydrogen) atoms. The molecule has 0 saturated heterocycles. The van der Waals surface area contributed by atoms with Crippen LogP contribution >= 0.6 is 0 Å². The highest BCUT2D eigenvalue weighted by molar-refractivity contribution is 5.92. The number of hydrogen-bond donors (Lipinski definition) is 2. The van der Waals surface area contributed by atoms with E-state index in [1.165, 1.54) is 11.1 Å². The molecule has 0 fully saturated rings. The molecule has 1 aliphatic rings. The number of aromatic amines is 1. The number of benzene rings is 2. The highest BCUT2D eigenvalue weighted by Crippen LogP contribution is 2.21. The number of fused-ring (bicyclic) bond motifs is 2. The van der Waals surface area contributed by atoms with E-state index in [2.05, 4.69) is 28.5 Å². The Balaban J connectivity index is 1.50. The molecule has 4 rings (SSSR count). The summed E-state index contributed by atoms with van der Waals surface area (Å²) < 4.78 is 0. The van der Waals surface area contributed by atoms with Gasteiger partial charge in [-0.2, -0.15) is 0 Å². The van der Waals surface area contributed by atoms with E-state index in [-0.39, 0.29) is 6.03 Å². The number of aromatic nitrogens is 1. The van der Waals surface area contributed by atoms with E-state index in [1.54, 1.807) is 0 Å². The Labute approximate surface area is 128 Å². The van der Waals surface area contributed by atoms with Gasteiger partial charge in [-0.15, -0.1) is 0 Å². The number of nitrogens with one attached hydrogen (secondary N) is 2. The first-order valence-corrected chi connectivity index (χ1v) is 7.49. The van der Waals surface area contributed by atoms with Crippen LogP contribution in [0.15, 0.2) is 54.7 Å². The fourth-order valence-electron chi connectivity index (χ4n) is 3.00. The fourth-order valence-corrected chi connectivity index (χ4v) is 3.00. The number of carbonyl (C=O) groups is 1. The summed E-state index contributed by atoms with van der Waals surface area (Å²) in [6, 6.07) is 16.2. The number of hydrogen-bond acceptors (Lipinski definition) is 1. The molecule has 1 aromatic heterocycles. The van der Waals surface area contributed by atoms with E-state index < -0.39 is 0 Å². The monoisotopic (exact) mass is 291 g/mol. The van der Waals surface area contributed by atoms with Crippen molar-refractivity contribution >= 4 is 22.6 Å². The number of urea groups is 1. The van der Waals surface area contributed by atoms with Gasteiger partial charge in [0.1, 0.15) is 0 Å². The van der Waals surface area contributed by atoms with Gasteiger partial charge in [0.25, 0.3) is 0 Å². The van der Waals surface area contributed by atoms with Gasteiger partial charge in [-0.3, -0.25) is 0 Å². The first-order valence-electron chi connectivity index (χ1n) is 7.49. The maximum Gasteiger partial charge on any atom is 0.322 e. The predicted octanol–water partition coefficient (Wildman–Crippen LogP) is 3.76. The molecule has 2 heterocycles. The van der Waals surface area contributed by atoms with Crippen molar-refractivity contribution in [1.82, 2.24) is 9.88 Å². The van der Waals surface area contributed by atoms with Crippen LogP contribution in [0, 0.1) is 0 Å². The number of anilines is 1. The zero-order valence-corrected chi connectivity index (χ0v) is 12.2. The maximum atomic E-state index is 12.5. The number of H-pyrrole nitrogens is 1. The Morgan fingerprint density at radius 3 is 2.86 bits per heavy atom. The van der Waals surface area contributed by atoms with Gasteiger partial charge in [-0.05, 0) is 41.8 Å². The van der Waals surface area contributed by atoms with Crippen LogP contribution in [0.5, 0.6) is 0 Å². The highest BCUT2D eigenvalue weighted by atomic mass is 16.2.